The van der Waals surface area contributed by atoms with Crippen molar-refractivity contribution in [3.8, 4) is 5.69 Å². The molecule has 1 heterocycles. The Bertz CT molecular complexity index is 808. The fourth-order valence-electron chi connectivity index (χ4n) is 2.59. The van der Waals surface area contributed by atoms with Gasteiger partial charge in [0, 0.05) is 17.6 Å². The molecule has 0 aliphatic carbocycles. The SMILES string of the molecule is OCC(Cc1ccc(F)cc1)NCc1ccc(Cl)cc1-n1cncn1. The van der Waals surface area contributed by atoms with E-state index in [9.17, 15) is 9.50 Å². The average Bonchev–Trinajstić information content (AvgIpc) is 3.15. The first-order chi connectivity index (χ1) is 12.2. The molecule has 0 bridgehead atoms. The molecule has 1 aromatic heterocycles. The van der Waals surface area contributed by atoms with Crippen molar-refractivity contribution in [2.75, 3.05) is 6.61 Å². The van der Waals surface area contributed by atoms with Crippen molar-refractivity contribution in [1.29, 1.82) is 0 Å². The minimum absolute atomic E-state index is 0.0242. The molecule has 0 fully saturated rings. The molecule has 0 saturated carbocycles. The Morgan fingerprint density at radius 1 is 1.20 bits per heavy atom. The fraction of sp³-hybridized carbons (Fsp3) is 0.222. The molecule has 0 saturated heterocycles. The zero-order chi connectivity index (χ0) is 17.6. The first-order valence-electron chi connectivity index (χ1n) is 7.88. The molecule has 0 radical (unpaired) electrons. The summed E-state index contributed by atoms with van der Waals surface area (Å²) >= 11 is 6.09. The Balaban J connectivity index is 1.70. The van der Waals surface area contributed by atoms with Gasteiger partial charge in [0.15, 0.2) is 0 Å². The second kappa shape index (κ2) is 8.20. The maximum absolute atomic E-state index is 13.0. The molecule has 0 aliphatic heterocycles. The standard InChI is InChI=1S/C18H18ClFN4O/c19-15-4-3-14(18(8-15)24-12-21-11-23-24)9-22-17(10-25)7-13-1-5-16(20)6-2-13/h1-6,8,11-12,17,22,25H,7,9-10H2. The van der Waals surface area contributed by atoms with Gasteiger partial charge in [-0.05, 0) is 41.8 Å². The monoisotopic (exact) mass is 360 g/mol. The number of aliphatic hydroxyl groups is 1. The van der Waals surface area contributed by atoms with Crippen molar-refractivity contribution < 1.29 is 9.50 Å². The predicted octanol–water partition coefficient (Wildman–Crippen LogP) is 2.75. The van der Waals surface area contributed by atoms with E-state index in [-0.39, 0.29) is 18.5 Å². The number of aromatic nitrogens is 3. The molecule has 0 spiro atoms. The lowest BCUT2D eigenvalue weighted by molar-refractivity contribution is 0.240. The van der Waals surface area contributed by atoms with Crippen LogP contribution in [0.2, 0.25) is 5.02 Å². The zero-order valence-electron chi connectivity index (χ0n) is 13.4. The van der Waals surface area contributed by atoms with Crippen LogP contribution < -0.4 is 5.32 Å². The lowest BCUT2D eigenvalue weighted by Crippen LogP contribution is -2.34. The molecular weight excluding hydrogens is 343 g/mol. The minimum atomic E-state index is -0.268. The highest BCUT2D eigenvalue weighted by atomic mass is 35.5. The normalized spacial score (nSPS) is 12.3. The molecule has 2 N–H and O–H groups in total. The van der Waals surface area contributed by atoms with Crippen LogP contribution in [0.5, 0.6) is 0 Å². The van der Waals surface area contributed by atoms with Crippen LogP contribution in [0.4, 0.5) is 4.39 Å². The van der Waals surface area contributed by atoms with Gasteiger partial charge in [-0.1, -0.05) is 29.8 Å². The Labute approximate surface area is 150 Å². The number of hydrogen-bond donors (Lipinski definition) is 2. The van der Waals surface area contributed by atoms with E-state index in [1.807, 2.05) is 18.2 Å². The number of halogens is 2. The minimum Gasteiger partial charge on any atom is -0.395 e. The number of aliphatic hydroxyl groups excluding tert-OH is 1. The highest BCUT2D eigenvalue weighted by Gasteiger charge is 2.11. The van der Waals surface area contributed by atoms with E-state index in [0.717, 1.165) is 16.8 Å². The predicted molar refractivity (Wildman–Crippen MR) is 94.2 cm³/mol. The summed E-state index contributed by atoms with van der Waals surface area (Å²) in [6.07, 6.45) is 3.67. The Kier molecular flexibility index (Phi) is 5.75. The molecule has 0 amide bonds. The fourth-order valence-corrected chi connectivity index (χ4v) is 2.76. The molecule has 2 aromatic carbocycles. The van der Waals surface area contributed by atoms with Crippen LogP contribution in [0.3, 0.4) is 0 Å². The summed E-state index contributed by atoms with van der Waals surface area (Å²) in [7, 11) is 0. The van der Waals surface area contributed by atoms with Crippen molar-refractivity contribution in [3.63, 3.8) is 0 Å². The third-order valence-electron chi connectivity index (χ3n) is 3.91. The Hall–Kier alpha value is -2.28. The molecule has 3 rings (SSSR count). The third-order valence-corrected chi connectivity index (χ3v) is 4.14. The van der Waals surface area contributed by atoms with Gasteiger partial charge in [-0.25, -0.2) is 14.1 Å². The smallest absolute Gasteiger partial charge is 0.138 e. The first-order valence-corrected chi connectivity index (χ1v) is 8.25. The molecule has 1 unspecified atom stereocenters. The summed E-state index contributed by atoms with van der Waals surface area (Å²) in [5.41, 5.74) is 2.77. The number of nitrogens with one attached hydrogen (secondary N) is 1. The van der Waals surface area contributed by atoms with Crippen molar-refractivity contribution in [3.05, 3.63) is 77.1 Å². The van der Waals surface area contributed by atoms with E-state index in [0.29, 0.717) is 18.0 Å². The van der Waals surface area contributed by atoms with E-state index in [1.165, 1.54) is 18.5 Å². The van der Waals surface area contributed by atoms with Crippen LogP contribution in [-0.4, -0.2) is 32.5 Å². The van der Waals surface area contributed by atoms with Gasteiger partial charge in [-0.15, -0.1) is 0 Å². The average molecular weight is 361 g/mol. The van der Waals surface area contributed by atoms with Gasteiger partial charge >= 0.3 is 0 Å². The van der Waals surface area contributed by atoms with Crippen LogP contribution >= 0.6 is 11.6 Å². The summed E-state index contributed by atoms with van der Waals surface area (Å²) in [6.45, 7) is 0.502. The molecule has 130 valence electrons. The van der Waals surface area contributed by atoms with Crippen LogP contribution in [0.25, 0.3) is 5.69 Å². The lowest BCUT2D eigenvalue weighted by Gasteiger charge is -2.18. The summed E-state index contributed by atoms with van der Waals surface area (Å²) in [6, 6.07) is 11.7. The Morgan fingerprint density at radius 3 is 2.68 bits per heavy atom. The van der Waals surface area contributed by atoms with E-state index in [1.54, 1.807) is 23.1 Å². The van der Waals surface area contributed by atoms with Crippen LogP contribution in [0.15, 0.2) is 55.1 Å². The van der Waals surface area contributed by atoms with Gasteiger partial charge < -0.3 is 10.4 Å². The van der Waals surface area contributed by atoms with E-state index in [4.69, 9.17) is 11.6 Å². The van der Waals surface area contributed by atoms with Crippen LogP contribution in [0, 0.1) is 5.82 Å². The van der Waals surface area contributed by atoms with Gasteiger partial charge in [0.25, 0.3) is 0 Å². The van der Waals surface area contributed by atoms with Crippen molar-refractivity contribution >= 4 is 11.6 Å². The van der Waals surface area contributed by atoms with Crippen molar-refractivity contribution in [1.82, 2.24) is 20.1 Å². The van der Waals surface area contributed by atoms with Gasteiger partial charge in [-0.3, -0.25) is 0 Å². The summed E-state index contributed by atoms with van der Waals surface area (Å²) in [5, 5.41) is 17.7. The second-order valence-electron chi connectivity index (χ2n) is 5.70. The van der Waals surface area contributed by atoms with E-state index in [2.05, 4.69) is 15.4 Å². The number of nitrogens with zero attached hydrogens (tertiary/aromatic N) is 3. The quantitative estimate of drug-likeness (QED) is 0.680. The maximum atomic E-state index is 13.0. The van der Waals surface area contributed by atoms with Gasteiger partial charge in [-0.2, -0.15) is 5.10 Å². The molecule has 3 aromatic rings. The summed E-state index contributed by atoms with van der Waals surface area (Å²) < 4.78 is 14.6. The number of rotatable bonds is 7. The molecular formula is C18H18ClFN4O. The largest absolute Gasteiger partial charge is 0.395 e. The van der Waals surface area contributed by atoms with E-state index >= 15 is 0 Å². The van der Waals surface area contributed by atoms with Crippen LogP contribution in [0.1, 0.15) is 11.1 Å². The van der Waals surface area contributed by atoms with Crippen LogP contribution in [-0.2, 0) is 13.0 Å². The molecule has 5 nitrogen and oxygen atoms in total. The molecule has 1 atom stereocenters. The van der Waals surface area contributed by atoms with Gasteiger partial charge in [0.2, 0.25) is 0 Å². The van der Waals surface area contributed by atoms with Crippen molar-refractivity contribution in [2.45, 2.75) is 19.0 Å². The Morgan fingerprint density at radius 2 is 2.00 bits per heavy atom. The third kappa shape index (κ3) is 4.63. The topological polar surface area (TPSA) is 63.0 Å². The highest BCUT2D eigenvalue weighted by molar-refractivity contribution is 6.30. The molecule has 0 aliphatic rings. The van der Waals surface area contributed by atoms with E-state index < -0.39 is 0 Å². The maximum Gasteiger partial charge on any atom is 0.138 e. The van der Waals surface area contributed by atoms with Crippen molar-refractivity contribution in [2.24, 2.45) is 0 Å². The van der Waals surface area contributed by atoms with Gasteiger partial charge in [0.05, 0.1) is 12.3 Å². The summed E-state index contributed by atoms with van der Waals surface area (Å²) in [5.74, 6) is -0.268. The zero-order valence-corrected chi connectivity index (χ0v) is 14.2. The lowest BCUT2D eigenvalue weighted by atomic mass is 10.1. The first kappa shape index (κ1) is 17.5. The molecule has 25 heavy (non-hydrogen) atoms. The second-order valence-corrected chi connectivity index (χ2v) is 6.14. The summed E-state index contributed by atoms with van der Waals surface area (Å²) in [4.78, 5) is 3.96. The number of hydrogen-bond acceptors (Lipinski definition) is 4. The van der Waals surface area contributed by atoms with Gasteiger partial charge in [0.1, 0.15) is 18.5 Å². The molecule has 7 heteroatoms. The number of benzene rings is 2. The highest BCUT2D eigenvalue weighted by Crippen LogP contribution is 2.19.